The van der Waals surface area contributed by atoms with Crippen LogP contribution in [0, 0.1) is 0 Å². The van der Waals surface area contributed by atoms with Crippen molar-refractivity contribution in [2.24, 2.45) is 0 Å². The zero-order valence-corrected chi connectivity index (χ0v) is 17.0. The van der Waals surface area contributed by atoms with Gasteiger partial charge in [0, 0.05) is 6.07 Å². The number of aromatic amines is 1. The smallest absolute Gasteiger partial charge is 0.275 e. The highest BCUT2D eigenvalue weighted by Gasteiger charge is 2.22. The fourth-order valence-electron chi connectivity index (χ4n) is 4.14. The van der Waals surface area contributed by atoms with E-state index in [-0.39, 0.29) is 23.7 Å². The van der Waals surface area contributed by atoms with Crippen LogP contribution in [-0.2, 0) is 13.0 Å². The zero-order valence-electron chi connectivity index (χ0n) is 17.0. The normalized spacial score (nSPS) is 15.1. The SMILES string of the molecule is COc1nn(Cc2cc(=O)[nH]c(N[C@@H]3CCc4ccccc43)n2)c(=O)c2ccccc12. The number of hydrogen-bond acceptors (Lipinski definition) is 6. The molecule has 2 N–H and O–H groups in total. The Balaban J connectivity index is 1.48. The van der Waals surface area contributed by atoms with Gasteiger partial charge in [0.15, 0.2) is 0 Å². The van der Waals surface area contributed by atoms with E-state index in [0.29, 0.717) is 28.3 Å². The molecule has 31 heavy (non-hydrogen) atoms. The van der Waals surface area contributed by atoms with Gasteiger partial charge < -0.3 is 10.1 Å². The molecule has 0 spiro atoms. The first kappa shape index (κ1) is 19.0. The molecule has 1 aliphatic carbocycles. The first-order valence-corrected chi connectivity index (χ1v) is 10.1. The average molecular weight is 415 g/mol. The molecule has 8 heteroatoms. The molecule has 0 aliphatic heterocycles. The van der Waals surface area contributed by atoms with Crippen molar-refractivity contribution in [3.8, 4) is 5.88 Å². The Hall–Kier alpha value is -3.94. The highest BCUT2D eigenvalue weighted by atomic mass is 16.5. The molecule has 0 fully saturated rings. The number of anilines is 1. The standard InChI is InChI=1S/C23H21N5O3/c1-31-21-17-8-4-5-9-18(17)22(30)28(27-21)13-15-12-20(29)26-23(24-15)25-19-11-10-14-6-2-3-7-16(14)19/h2-9,12,19H,10-11,13H2,1H3,(H2,24,25,26,29)/t19-/m1/s1. The summed E-state index contributed by atoms with van der Waals surface area (Å²) in [5.74, 6) is 0.728. The van der Waals surface area contributed by atoms with Crippen molar-refractivity contribution in [2.75, 3.05) is 12.4 Å². The van der Waals surface area contributed by atoms with Crippen LogP contribution in [-0.4, -0.2) is 26.9 Å². The largest absolute Gasteiger partial charge is 0.480 e. The van der Waals surface area contributed by atoms with E-state index in [1.165, 1.54) is 29.0 Å². The first-order valence-electron chi connectivity index (χ1n) is 10.1. The van der Waals surface area contributed by atoms with Crippen LogP contribution in [0.25, 0.3) is 10.8 Å². The summed E-state index contributed by atoms with van der Waals surface area (Å²) >= 11 is 0. The molecule has 0 bridgehead atoms. The molecular weight excluding hydrogens is 394 g/mol. The molecule has 5 rings (SSSR count). The summed E-state index contributed by atoms with van der Waals surface area (Å²) < 4.78 is 6.63. The van der Waals surface area contributed by atoms with E-state index >= 15 is 0 Å². The third kappa shape index (κ3) is 3.56. The monoisotopic (exact) mass is 415 g/mol. The van der Waals surface area contributed by atoms with Crippen LogP contribution in [0.15, 0.2) is 64.2 Å². The van der Waals surface area contributed by atoms with Gasteiger partial charge in [-0.05, 0) is 36.1 Å². The zero-order chi connectivity index (χ0) is 21.4. The van der Waals surface area contributed by atoms with Crippen molar-refractivity contribution >= 4 is 16.7 Å². The van der Waals surface area contributed by atoms with Gasteiger partial charge in [-0.1, -0.05) is 36.4 Å². The number of rotatable bonds is 5. The van der Waals surface area contributed by atoms with Crippen LogP contribution in [0.3, 0.4) is 0 Å². The molecular formula is C23H21N5O3. The average Bonchev–Trinajstić information content (AvgIpc) is 3.18. The van der Waals surface area contributed by atoms with Gasteiger partial charge in [0.25, 0.3) is 11.1 Å². The Kier molecular flexibility index (Phi) is 4.74. The Morgan fingerprint density at radius 3 is 2.74 bits per heavy atom. The van der Waals surface area contributed by atoms with Gasteiger partial charge >= 0.3 is 0 Å². The van der Waals surface area contributed by atoms with E-state index in [0.717, 1.165) is 12.8 Å². The van der Waals surface area contributed by atoms with Crippen LogP contribution >= 0.6 is 0 Å². The van der Waals surface area contributed by atoms with Crippen LogP contribution in [0.4, 0.5) is 5.95 Å². The molecule has 2 aromatic carbocycles. The number of nitrogens with zero attached hydrogens (tertiary/aromatic N) is 3. The van der Waals surface area contributed by atoms with Crippen molar-refractivity contribution in [3.05, 3.63) is 92.1 Å². The number of aromatic nitrogens is 4. The topological polar surface area (TPSA) is 102 Å². The molecule has 0 unspecified atom stereocenters. The predicted octanol–water partition coefficient (Wildman–Crippen LogP) is 2.64. The Morgan fingerprint density at radius 2 is 1.90 bits per heavy atom. The highest BCUT2D eigenvalue weighted by molar-refractivity contribution is 5.85. The summed E-state index contributed by atoms with van der Waals surface area (Å²) in [6, 6.07) is 16.9. The van der Waals surface area contributed by atoms with Gasteiger partial charge in [-0.25, -0.2) is 9.67 Å². The van der Waals surface area contributed by atoms with Crippen LogP contribution in [0.2, 0.25) is 0 Å². The number of ether oxygens (including phenoxy) is 1. The second-order valence-corrected chi connectivity index (χ2v) is 7.54. The second-order valence-electron chi connectivity index (χ2n) is 7.54. The van der Waals surface area contributed by atoms with Crippen LogP contribution in [0.1, 0.15) is 29.3 Å². The lowest BCUT2D eigenvalue weighted by Gasteiger charge is -2.15. The fourth-order valence-corrected chi connectivity index (χ4v) is 4.14. The number of hydrogen-bond donors (Lipinski definition) is 2. The molecule has 8 nitrogen and oxygen atoms in total. The van der Waals surface area contributed by atoms with Crippen molar-refractivity contribution in [1.82, 2.24) is 19.7 Å². The maximum Gasteiger partial charge on any atom is 0.275 e. The van der Waals surface area contributed by atoms with Crippen LogP contribution in [0.5, 0.6) is 5.88 Å². The van der Waals surface area contributed by atoms with E-state index in [9.17, 15) is 9.59 Å². The summed E-state index contributed by atoms with van der Waals surface area (Å²) in [5, 5.41) is 8.79. The molecule has 1 atom stereocenters. The third-order valence-electron chi connectivity index (χ3n) is 5.58. The lowest BCUT2D eigenvalue weighted by Crippen LogP contribution is -2.26. The van der Waals surface area contributed by atoms with Crippen molar-refractivity contribution in [3.63, 3.8) is 0 Å². The summed E-state index contributed by atoms with van der Waals surface area (Å²) in [5.41, 5.74) is 2.40. The van der Waals surface area contributed by atoms with Gasteiger partial charge in [-0.3, -0.25) is 14.6 Å². The third-order valence-corrected chi connectivity index (χ3v) is 5.58. The number of nitrogens with one attached hydrogen (secondary N) is 2. The van der Waals surface area contributed by atoms with E-state index in [1.807, 2.05) is 18.2 Å². The maximum atomic E-state index is 12.9. The van der Waals surface area contributed by atoms with E-state index < -0.39 is 0 Å². The van der Waals surface area contributed by atoms with E-state index in [4.69, 9.17) is 4.74 Å². The Bertz CT molecular complexity index is 1390. The molecule has 1 aliphatic rings. The predicted molar refractivity (Wildman–Crippen MR) is 118 cm³/mol. The lowest BCUT2D eigenvalue weighted by molar-refractivity contribution is 0.385. The van der Waals surface area contributed by atoms with Gasteiger partial charge in [0.05, 0.1) is 36.2 Å². The molecule has 0 saturated heterocycles. The van der Waals surface area contributed by atoms with Gasteiger partial charge in [-0.15, -0.1) is 5.10 Å². The first-order chi connectivity index (χ1) is 15.1. The summed E-state index contributed by atoms with van der Waals surface area (Å²) in [6.07, 6.45) is 1.91. The Morgan fingerprint density at radius 1 is 1.13 bits per heavy atom. The number of fused-ring (bicyclic) bond motifs is 2. The summed E-state index contributed by atoms with van der Waals surface area (Å²) in [6.45, 7) is 0.0554. The minimum atomic E-state index is -0.292. The van der Waals surface area contributed by atoms with E-state index in [2.05, 4.69) is 32.5 Å². The van der Waals surface area contributed by atoms with Crippen LogP contribution < -0.4 is 21.2 Å². The lowest BCUT2D eigenvalue weighted by atomic mass is 10.1. The second kappa shape index (κ2) is 7.71. The minimum absolute atomic E-state index is 0.0554. The molecule has 156 valence electrons. The van der Waals surface area contributed by atoms with Crippen molar-refractivity contribution < 1.29 is 4.74 Å². The molecule has 2 aromatic heterocycles. The summed E-state index contributed by atoms with van der Waals surface area (Å²) in [7, 11) is 1.51. The van der Waals surface area contributed by atoms with Crippen molar-refractivity contribution in [2.45, 2.75) is 25.4 Å². The molecule has 0 amide bonds. The van der Waals surface area contributed by atoms with Crippen molar-refractivity contribution in [1.29, 1.82) is 0 Å². The van der Waals surface area contributed by atoms with E-state index in [1.54, 1.807) is 18.2 Å². The molecule has 0 saturated carbocycles. The number of benzene rings is 2. The maximum absolute atomic E-state index is 12.9. The molecule has 0 radical (unpaired) electrons. The van der Waals surface area contributed by atoms with Gasteiger partial charge in [0.2, 0.25) is 11.8 Å². The fraction of sp³-hybridized carbons (Fsp3) is 0.217. The summed E-state index contributed by atoms with van der Waals surface area (Å²) in [4.78, 5) is 32.5. The number of methoxy groups -OCH3 is 1. The van der Waals surface area contributed by atoms with Gasteiger partial charge in [0.1, 0.15) is 0 Å². The minimum Gasteiger partial charge on any atom is -0.480 e. The molecule has 4 aromatic rings. The molecule has 2 heterocycles. The highest BCUT2D eigenvalue weighted by Crippen LogP contribution is 2.32. The quantitative estimate of drug-likeness (QED) is 0.520. The number of aryl methyl sites for hydroxylation is 1. The van der Waals surface area contributed by atoms with Gasteiger partial charge in [-0.2, -0.15) is 0 Å². The Labute approximate surface area is 177 Å². The number of H-pyrrole nitrogens is 1.